The van der Waals surface area contributed by atoms with E-state index < -0.39 is 28.0 Å². The van der Waals surface area contributed by atoms with Gasteiger partial charge in [-0.3, -0.25) is 9.52 Å². The summed E-state index contributed by atoms with van der Waals surface area (Å²) in [4.78, 5) is 23.7. The molecule has 15 heteroatoms. The van der Waals surface area contributed by atoms with Gasteiger partial charge < -0.3 is 25.4 Å². The van der Waals surface area contributed by atoms with Crippen molar-refractivity contribution in [1.82, 2.24) is 10.6 Å². The number of hydrogen-bond acceptors (Lipinski definition) is 7. The van der Waals surface area contributed by atoms with E-state index in [0.29, 0.717) is 18.7 Å². The fraction of sp³-hybridized carbons (Fsp3) is 0.364. The third-order valence-electron chi connectivity index (χ3n) is 4.91. The zero-order valence-corrected chi connectivity index (χ0v) is 20.5. The molecule has 0 unspecified atom stereocenters. The van der Waals surface area contributed by atoms with Crippen LogP contribution in [0, 0.1) is 5.82 Å². The number of rotatable bonds is 8. The van der Waals surface area contributed by atoms with E-state index in [1.807, 2.05) is 0 Å². The van der Waals surface area contributed by atoms with Crippen molar-refractivity contribution < 1.29 is 45.4 Å². The van der Waals surface area contributed by atoms with Crippen LogP contribution in [0.25, 0.3) is 0 Å². The number of carbonyl (C=O) groups is 2. The van der Waals surface area contributed by atoms with Crippen molar-refractivity contribution >= 4 is 33.3 Å². The minimum absolute atomic E-state index is 0.0684. The summed E-state index contributed by atoms with van der Waals surface area (Å²) in [5.41, 5.74) is 1.35. The SMILES string of the molecule is COCCNC(=O)c1cc(NS(=O)(=O)c2ccc(F)cc2)ccc1N1CCNCC1.O=C(O)C(F)(F)F. The van der Waals surface area contributed by atoms with Gasteiger partial charge in [0.2, 0.25) is 0 Å². The van der Waals surface area contributed by atoms with Crippen molar-refractivity contribution in [1.29, 1.82) is 0 Å². The molecule has 0 bridgehead atoms. The molecule has 1 fully saturated rings. The van der Waals surface area contributed by atoms with E-state index in [1.165, 1.54) is 18.2 Å². The van der Waals surface area contributed by atoms with Gasteiger partial charge in [-0.1, -0.05) is 0 Å². The minimum atomic E-state index is -5.08. The maximum Gasteiger partial charge on any atom is 0.490 e. The highest BCUT2D eigenvalue weighted by molar-refractivity contribution is 7.92. The largest absolute Gasteiger partial charge is 0.490 e. The summed E-state index contributed by atoms with van der Waals surface area (Å²) in [6, 6.07) is 9.40. The zero-order valence-electron chi connectivity index (χ0n) is 19.6. The summed E-state index contributed by atoms with van der Waals surface area (Å²) < 4.78 is 77.5. The number of nitrogens with one attached hydrogen (secondary N) is 3. The summed E-state index contributed by atoms with van der Waals surface area (Å²) >= 11 is 0. The fourth-order valence-corrected chi connectivity index (χ4v) is 4.20. The number of carboxylic acids is 1. The molecule has 1 heterocycles. The molecular weight excluding hydrogens is 524 g/mol. The molecule has 1 aliphatic rings. The fourth-order valence-electron chi connectivity index (χ4n) is 3.15. The Morgan fingerprint density at radius 1 is 1.11 bits per heavy atom. The van der Waals surface area contributed by atoms with Crippen LogP contribution in [-0.2, 0) is 19.6 Å². The van der Waals surface area contributed by atoms with E-state index in [-0.39, 0.29) is 16.5 Å². The van der Waals surface area contributed by atoms with Gasteiger partial charge in [-0.15, -0.1) is 0 Å². The molecule has 4 N–H and O–H groups in total. The first-order valence-corrected chi connectivity index (χ1v) is 12.3. The molecule has 0 spiro atoms. The molecule has 1 amide bonds. The Hall–Kier alpha value is -3.43. The van der Waals surface area contributed by atoms with E-state index in [1.54, 1.807) is 19.2 Å². The van der Waals surface area contributed by atoms with Crippen LogP contribution in [0.15, 0.2) is 47.4 Å². The van der Waals surface area contributed by atoms with Crippen LogP contribution in [0.3, 0.4) is 0 Å². The molecule has 0 saturated carbocycles. The van der Waals surface area contributed by atoms with Gasteiger partial charge in [0, 0.05) is 51.2 Å². The number of piperazine rings is 1. The number of carbonyl (C=O) groups excluding carboxylic acids is 1. The normalized spacial score (nSPS) is 13.8. The molecule has 37 heavy (non-hydrogen) atoms. The van der Waals surface area contributed by atoms with Crippen LogP contribution < -0.4 is 20.3 Å². The van der Waals surface area contributed by atoms with Gasteiger partial charge in [-0.05, 0) is 42.5 Å². The van der Waals surface area contributed by atoms with Gasteiger partial charge in [0.05, 0.1) is 17.1 Å². The third kappa shape index (κ3) is 9.18. The van der Waals surface area contributed by atoms with E-state index in [0.717, 1.165) is 44.0 Å². The number of halogens is 4. The maximum atomic E-state index is 13.1. The van der Waals surface area contributed by atoms with Crippen molar-refractivity contribution in [2.24, 2.45) is 0 Å². The number of hydrogen-bond donors (Lipinski definition) is 4. The Balaban J connectivity index is 0.000000604. The Labute approximate surface area is 210 Å². The van der Waals surface area contributed by atoms with Crippen molar-refractivity contribution in [3.63, 3.8) is 0 Å². The number of amides is 1. The summed E-state index contributed by atoms with van der Waals surface area (Å²) in [5, 5.41) is 13.2. The lowest BCUT2D eigenvalue weighted by Gasteiger charge is -2.31. The van der Waals surface area contributed by atoms with Crippen molar-refractivity contribution in [3.05, 3.63) is 53.8 Å². The van der Waals surface area contributed by atoms with Gasteiger partial charge in [0.25, 0.3) is 15.9 Å². The first-order valence-electron chi connectivity index (χ1n) is 10.8. The average molecular weight is 551 g/mol. The molecule has 3 rings (SSSR count). The number of alkyl halides is 3. The van der Waals surface area contributed by atoms with E-state index in [9.17, 15) is 30.8 Å². The highest BCUT2D eigenvalue weighted by Crippen LogP contribution is 2.26. The molecule has 0 radical (unpaired) electrons. The lowest BCUT2D eigenvalue weighted by atomic mass is 10.1. The van der Waals surface area contributed by atoms with Crippen LogP contribution in [0.5, 0.6) is 0 Å². The Bertz CT molecular complexity index is 1170. The second kappa shape index (κ2) is 13.2. The van der Waals surface area contributed by atoms with Crippen LogP contribution >= 0.6 is 0 Å². The molecule has 10 nitrogen and oxygen atoms in total. The summed E-state index contributed by atoms with van der Waals surface area (Å²) in [6.07, 6.45) is -5.08. The molecule has 1 aliphatic heterocycles. The number of carboxylic acid groups (broad SMARTS) is 1. The maximum absolute atomic E-state index is 13.1. The molecule has 204 valence electrons. The molecule has 0 atom stereocenters. The molecule has 0 aromatic heterocycles. The first-order chi connectivity index (χ1) is 17.3. The van der Waals surface area contributed by atoms with Crippen molar-refractivity contribution in [3.8, 4) is 0 Å². The number of sulfonamides is 1. The monoisotopic (exact) mass is 550 g/mol. The average Bonchev–Trinajstić information content (AvgIpc) is 2.84. The first kappa shape index (κ1) is 29.8. The highest BCUT2D eigenvalue weighted by Gasteiger charge is 2.38. The third-order valence-corrected chi connectivity index (χ3v) is 6.31. The van der Waals surface area contributed by atoms with E-state index >= 15 is 0 Å². The van der Waals surface area contributed by atoms with Gasteiger partial charge >= 0.3 is 12.1 Å². The van der Waals surface area contributed by atoms with Crippen LogP contribution in [0.4, 0.5) is 28.9 Å². The van der Waals surface area contributed by atoms with Crippen molar-refractivity contribution in [2.75, 3.05) is 56.1 Å². The van der Waals surface area contributed by atoms with Gasteiger partial charge in [-0.2, -0.15) is 13.2 Å². The summed E-state index contributed by atoms with van der Waals surface area (Å²) in [5.74, 6) is -3.60. The van der Waals surface area contributed by atoms with Gasteiger partial charge in [0.15, 0.2) is 0 Å². The number of ether oxygens (including phenoxy) is 1. The highest BCUT2D eigenvalue weighted by atomic mass is 32.2. The Morgan fingerprint density at radius 2 is 1.70 bits per heavy atom. The Morgan fingerprint density at radius 3 is 2.24 bits per heavy atom. The quantitative estimate of drug-likeness (QED) is 0.290. The van der Waals surface area contributed by atoms with Crippen molar-refractivity contribution in [2.45, 2.75) is 11.1 Å². The second-order valence-corrected chi connectivity index (χ2v) is 9.26. The van der Waals surface area contributed by atoms with Gasteiger partial charge in [-0.25, -0.2) is 17.6 Å². The number of anilines is 2. The molecule has 1 saturated heterocycles. The Kier molecular flexibility index (Phi) is 10.6. The predicted octanol–water partition coefficient (Wildman–Crippen LogP) is 2.05. The molecule has 2 aromatic carbocycles. The van der Waals surface area contributed by atoms with Crippen LogP contribution in [0.1, 0.15) is 10.4 Å². The number of methoxy groups -OCH3 is 1. The zero-order chi connectivity index (χ0) is 27.6. The molecule has 0 aliphatic carbocycles. The van der Waals surface area contributed by atoms with Crippen LogP contribution in [0.2, 0.25) is 0 Å². The lowest BCUT2D eigenvalue weighted by molar-refractivity contribution is -0.192. The van der Waals surface area contributed by atoms with E-state index in [2.05, 4.69) is 20.3 Å². The second-order valence-electron chi connectivity index (χ2n) is 7.58. The predicted molar refractivity (Wildman–Crippen MR) is 127 cm³/mol. The number of benzene rings is 2. The molecule has 2 aromatic rings. The van der Waals surface area contributed by atoms with Gasteiger partial charge in [0.1, 0.15) is 5.82 Å². The minimum Gasteiger partial charge on any atom is -0.475 e. The summed E-state index contributed by atoms with van der Waals surface area (Å²) in [7, 11) is -2.38. The molecular formula is C22H26F4N4O6S. The topological polar surface area (TPSA) is 137 Å². The van der Waals surface area contributed by atoms with E-state index in [4.69, 9.17) is 14.6 Å². The number of nitrogens with zero attached hydrogens (tertiary/aromatic N) is 1. The smallest absolute Gasteiger partial charge is 0.475 e. The van der Waals surface area contributed by atoms with Crippen LogP contribution in [-0.4, -0.2) is 78.0 Å². The standard InChI is InChI=1S/C20H25FN4O4S.C2HF3O2/c1-29-13-10-23-20(26)18-14-16(4-7-19(18)25-11-8-22-9-12-25)24-30(27,28)17-5-2-15(21)3-6-17;3-2(4,5)1(6)7/h2-7,14,22,24H,8-13H2,1H3,(H,23,26);(H,6,7). The summed E-state index contributed by atoms with van der Waals surface area (Å²) in [6.45, 7) is 3.76. The lowest BCUT2D eigenvalue weighted by Crippen LogP contribution is -2.44. The number of aliphatic carboxylic acids is 1.